The second-order valence-corrected chi connectivity index (χ2v) is 5.34. The summed E-state index contributed by atoms with van der Waals surface area (Å²) in [6.45, 7) is 2.49. The van der Waals surface area contributed by atoms with Crippen molar-refractivity contribution in [3.63, 3.8) is 0 Å². The van der Waals surface area contributed by atoms with E-state index in [1.54, 1.807) is 0 Å². The van der Waals surface area contributed by atoms with Crippen LogP contribution in [0.2, 0.25) is 0 Å². The van der Waals surface area contributed by atoms with Crippen molar-refractivity contribution in [2.75, 3.05) is 18.0 Å². The highest BCUT2D eigenvalue weighted by Gasteiger charge is 2.26. The zero-order valence-electron chi connectivity index (χ0n) is 10.3. The average Bonchev–Trinajstić information content (AvgIpc) is 2.77. The van der Waals surface area contributed by atoms with Crippen molar-refractivity contribution in [3.05, 3.63) is 23.8 Å². The van der Waals surface area contributed by atoms with Crippen LogP contribution < -0.4 is 5.73 Å². The van der Waals surface area contributed by atoms with Gasteiger partial charge >= 0.3 is 0 Å². The van der Waals surface area contributed by atoms with Crippen molar-refractivity contribution in [2.24, 2.45) is 0 Å². The summed E-state index contributed by atoms with van der Waals surface area (Å²) in [4.78, 5) is 25.5. The summed E-state index contributed by atoms with van der Waals surface area (Å²) in [5.74, 6) is 0.0839. The molecular weight excluding hydrogens is 248 g/mol. The Balaban J connectivity index is 1.97. The molecule has 1 aliphatic heterocycles. The summed E-state index contributed by atoms with van der Waals surface area (Å²) >= 11 is 1.39. The molecular formula is C13H16N2O2S. The van der Waals surface area contributed by atoms with Crippen LogP contribution in [0.4, 0.5) is 5.69 Å². The van der Waals surface area contributed by atoms with E-state index in [1.807, 2.05) is 25.1 Å². The molecule has 0 unspecified atom stereocenters. The number of nitrogens with zero attached hydrogens (tertiary/aromatic N) is 1. The normalized spacial score (nSPS) is 15.2. The summed E-state index contributed by atoms with van der Waals surface area (Å²) in [6.07, 6.45) is 1.27. The number of amides is 2. The van der Waals surface area contributed by atoms with Gasteiger partial charge in [-0.2, -0.15) is 0 Å². The minimum atomic E-state index is -0.122. The van der Waals surface area contributed by atoms with E-state index in [2.05, 4.69) is 0 Å². The third kappa shape index (κ3) is 2.67. The Bertz CT molecular complexity index is 488. The Morgan fingerprint density at radius 2 is 2.28 bits per heavy atom. The predicted octanol–water partition coefficient (Wildman–Crippen LogP) is 1.82. The number of rotatable bonds is 3. The summed E-state index contributed by atoms with van der Waals surface area (Å²) in [5.41, 5.74) is 7.65. The zero-order valence-corrected chi connectivity index (χ0v) is 11.1. The van der Waals surface area contributed by atoms with Crippen LogP contribution in [0.1, 0.15) is 18.4 Å². The highest BCUT2D eigenvalue weighted by molar-refractivity contribution is 8.00. The van der Waals surface area contributed by atoms with Gasteiger partial charge in [0.15, 0.2) is 0 Å². The third-order valence-electron chi connectivity index (χ3n) is 3.01. The number of hydrogen-bond donors (Lipinski definition) is 1. The number of para-hydroxylation sites is 1. The summed E-state index contributed by atoms with van der Waals surface area (Å²) < 4.78 is 0. The molecule has 1 saturated heterocycles. The Morgan fingerprint density at radius 3 is 2.94 bits per heavy atom. The molecule has 5 heteroatoms. The first kappa shape index (κ1) is 13.0. The van der Waals surface area contributed by atoms with Crippen LogP contribution in [0.15, 0.2) is 23.1 Å². The lowest BCUT2D eigenvalue weighted by atomic mass is 10.2. The minimum absolute atomic E-state index is 0.0576. The number of hydrogen-bond acceptors (Lipinski definition) is 4. The molecule has 18 heavy (non-hydrogen) atoms. The number of anilines is 1. The van der Waals surface area contributed by atoms with Gasteiger partial charge in [0.05, 0.1) is 5.75 Å². The second-order valence-electron chi connectivity index (χ2n) is 4.32. The number of carbonyl (C=O) groups is 2. The fraction of sp³-hybridized carbons (Fsp3) is 0.385. The Kier molecular flexibility index (Phi) is 3.91. The van der Waals surface area contributed by atoms with Crippen molar-refractivity contribution in [3.8, 4) is 0 Å². The maximum atomic E-state index is 11.9. The molecule has 0 aliphatic carbocycles. The Labute approximate surface area is 111 Å². The predicted molar refractivity (Wildman–Crippen MR) is 72.3 cm³/mol. The van der Waals surface area contributed by atoms with Crippen molar-refractivity contribution in [2.45, 2.75) is 24.7 Å². The molecule has 0 spiro atoms. The molecule has 0 saturated carbocycles. The number of likely N-dealkylation sites (tertiary alicyclic amines) is 1. The Hall–Kier alpha value is -1.49. The van der Waals surface area contributed by atoms with Crippen LogP contribution in [0.25, 0.3) is 0 Å². The number of benzene rings is 1. The second kappa shape index (κ2) is 5.44. The monoisotopic (exact) mass is 264 g/mol. The largest absolute Gasteiger partial charge is 0.398 e. The van der Waals surface area contributed by atoms with Gasteiger partial charge in [-0.15, -0.1) is 11.8 Å². The molecule has 1 fully saturated rings. The number of nitrogen functional groups attached to an aromatic ring is 1. The number of thioether (sulfide) groups is 1. The molecule has 0 radical (unpaired) electrons. The quantitative estimate of drug-likeness (QED) is 0.668. The first-order chi connectivity index (χ1) is 8.59. The molecule has 2 amide bonds. The van der Waals surface area contributed by atoms with E-state index >= 15 is 0 Å². The molecule has 1 aliphatic rings. The highest BCUT2D eigenvalue weighted by Crippen LogP contribution is 2.27. The Morgan fingerprint density at radius 1 is 1.50 bits per heavy atom. The van der Waals surface area contributed by atoms with Crippen molar-refractivity contribution < 1.29 is 9.59 Å². The SMILES string of the molecule is Cc1cccc(SCC(=O)N2CCCC2=O)c1N. The van der Waals surface area contributed by atoms with Crippen LogP contribution in [0.5, 0.6) is 0 Å². The van der Waals surface area contributed by atoms with Gasteiger partial charge in [-0.25, -0.2) is 0 Å². The summed E-state index contributed by atoms with van der Waals surface area (Å²) in [7, 11) is 0. The third-order valence-corrected chi connectivity index (χ3v) is 4.07. The lowest BCUT2D eigenvalue weighted by Gasteiger charge is -2.13. The molecule has 0 atom stereocenters. The minimum Gasteiger partial charge on any atom is -0.398 e. The van der Waals surface area contributed by atoms with Gasteiger partial charge in [-0.3, -0.25) is 14.5 Å². The number of imide groups is 1. The molecule has 1 aromatic rings. The standard InChI is InChI=1S/C13H16N2O2S/c1-9-4-2-5-10(13(9)14)18-8-12(17)15-7-3-6-11(15)16/h2,4-5H,3,6-8,14H2,1H3. The molecule has 96 valence electrons. The van der Waals surface area contributed by atoms with Crippen molar-refractivity contribution in [1.29, 1.82) is 0 Å². The van der Waals surface area contributed by atoms with E-state index in [9.17, 15) is 9.59 Å². The lowest BCUT2D eigenvalue weighted by Crippen LogP contribution is -2.33. The molecule has 1 heterocycles. The van der Waals surface area contributed by atoms with Gasteiger partial charge in [0, 0.05) is 23.5 Å². The van der Waals surface area contributed by atoms with E-state index in [4.69, 9.17) is 5.73 Å². The van der Waals surface area contributed by atoms with E-state index in [-0.39, 0.29) is 17.6 Å². The fourth-order valence-electron chi connectivity index (χ4n) is 1.91. The maximum Gasteiger partial charge on any atom is 0.239 e. The van der Waals surface area contributed by atoms with Crippen molar-refractivity contribution >= 4 is 29.3 Å². The lowest BCUT2D eigenvalue weighted by molar-refractivity contribution is -0.140. The van der Waals surface area contributed by atoms with Crippen LogP contribution >= 0.6 is 11.8 Å². The molecule has 2 N–H and O–H groups in total. The van der Waals surface area contributed by atoms with Gasteiger partial charge in [-0.05, 0) is 25.0 Å². The van der Waals surface area contributed by atoms with Crippen LogP contribution in [0.3, 0.4) is 0 Å². The molecule has 0 aromatic heterocycles. The van der Waals surface area contributed by atoms with E-state index in [0.29, 0.717) is 18.7 Å². The van der Waals surface area contributed by atoms with Crippen LogP contribution in [-0.2, 0) is 9.59 Å². The molecule has 0 bridgehead atoms. The number of nitrogens with two attached hydrogens (primary N) is 1. The topological polar surface area (TPSA) is 63.4 Å². The van der Waals surface area contributed by atoms with Gasteiger partial charge in [-0.1, -0.05) is 12.1 Å². The first-order valence-electron chi connectivity index (χ1n) is 5.90. The highest BCUT2D eigenvalue weighted by atomic mass is 32.2. The maximum absolute atomic E-state index is 11.9. The van der Waals surface area contributed by atoms with Gasteiger partial charge < -0.3 is 5.73 Å². The molecule has 1 aromatic carbocycles. The average molecular weight is 264 g/mol. The molecule has 2 rings (SSSR count). The van der Waals surface area contributed by atoms with Crippen LogP contribution in [-0.4, -0.2) is 29.0 Å². The molecule has 4 nitrogen and oxygen atoms in total. The zero-order chi connectivity index (χ0) is 13.1. The van der Waals surface area contributed by atoms with E-state index in [0.717, 1.165) is 16.9 Å². The van der Waals surface area contributed by atoms with E-state index in [1.165, 1.54) is 16.7 Å². The van der Waals surface area contributed by atoms with Gasteiger partial charge in [0.25, 0.3) is 0 Å². The summed E-state index contributed by atoms with van der Waals surface area (Å²) in [5, 5.41) is 0. The van der Waals surface area contributed by atoms with Crippen LogP contribution in [0, 0.1) is 6.92 Å². The van der Waals surface area contributed by atoms with Gasteiger partial charge in [0.1, 0.15) is 0 Å². The number of aryl methyl sites for hydroxylation is 1. The first-order valence-corrected chi connectivity index (χ1v) is 6.89. The fourth-order valence-corrected chi connectivity index (χ4v) is 2.83. The van der Waals surface area contributed by atoms with Gasteiger partial charge in [0.2, 0.25) is 11.8 Å². The van der Waals surface area contributed by atoms with Crippen molar-refractivity contribution in [1.82, 2.24) is 4.90 Å². The van der Waals surface area contributed by atoms with E-state index < -0.39 is 0 Å². The number of carbonyl (C=O) groups excluding carboxylic acids is 2. The summed E-state index contributed by atoms with van der Waals surface area (Å²) in [6, 6.07) is 5.75. The smallest absolute Gasteiger partial charge is 0.239 e.